The van der Waals surface area contributed by atoms with Gasteiger partial charge in [0.05, 0.1) is 6.54 Å². The molecule has 1 aromatic carbocycles. The van der Waals surface area contributed by atoms with Gasteiger partial charge in [0, 0.05) is 17.0 Å². The third kappa shape index (κ3) is 2.69. The molecule has 0 atom stereocenters. The van der Waals surface area contributed by atoms with E-state index in [1.807, 2.05) is 0 Å². The number of benzene rings is 1. The lowest BCUT2D eigenvalue weighted by Gasteiger charge is -2.06. The molecule has 1 aliphatic carbocycles. The van der Waals surface area contributed by atoms with Crippen molar-refractivity contribution in [1.29, 1.82) is 0 Å². The summed E-state index contributed by atoms with van der Waals surface area (Å²) in [5.74, 6) is 1.80. The van der Waals surface area contributed by atoms with Crippen LogP contribution in [-0.2, 0) is 13.0 Å². The monoisotopic (exact) mass is 257 g/mol. The first-order valence-electron chi connectivity index (χ1n) is 7.38. The second-order valence-electron chi connectivity index (χ2n) is 6.21. The molecular formula is C17H23NO. The van der Waals surface area contributed by atoms with Gasteiger partial charge in [-0.1, -0.05) is 32.0 Å². The van der Waals surface area contributed by atoms with Crippen LogP contribution in [0.25, 0.3) is 11.0 Å². The van der Waals surface area contributed by atoms with Crippen LogP contribution < -0.4 is 5.32 Å². The van der Waals surface area contributed by atoms with E-state index in [1.54, 1.807) is 0 Å². The lowest BCUT2D eigenvalue weighted by atomic mass is 9.99. The molecule has 1 N–H and O–H groups in total. The van der Waals surface area contributed by atoms with Crippen molar-refractivity contribution in [2.75, 3.05) is 0 Å². The minimum Gasteiger partial charge on any atom is -0.459 e. The number of para-hydroxylation sites is 1. The molecule has 0 bridgehead atoms. The molecule has 1 aliphatic rings. The molecule has 1 fully saturated rings. The van der Waals surface area contributed by atoms with Gasteiger partial charge in [-0.3, -0.25) is 0 Å². The number of aryl methyl sites for hydroxylation is 1. The Labute approximate surface area is 115 Å². The SMILES string of the molecule is Cc1cccc2c(CC(C)C)c(CNC3CC3)oc12. The molecule has 0 unspecified atom stereocenters. The van der Waals surface area contributed by atoms with E-state index in [1.165, 1.54) is 29.4 Å². The van der Waals surface area contributed by atoms with Gasteiger partial charge in [-0.25, -0.2) is 0 Å². The van der Waals surface area contributed by atoms with Crippen molar-refractivity contribution in [3.05, 3.63) is 35.1 Å². The highest BCUT2D eigenvalue weighted by molar-refractivity contribution is 5.84. The van der Waals surface area contributed by atoms with Gasteiger partial charge in [-0.2, -0.15) is 0 Å². The maximum Gasteiger partial charge on any atom is 0.137 e. The summed E-state index contributed by atoms with van der Waals surface area (Å²) in [6.45, 7) is 7.55. The van der Waals surface area contributed by atoms with Crippen LogP contribution in [0.1, 0.15) is 43.6 Å². The maximum atomic E-state index is 6.15. The Morgan fingerprint density at radius 2 is 2.11 bits per heavy atom. The predicted molar refractivity (Wildman–Crippen MR) is 79.4 cm³/mol. The van der Waals surface area contributed by atoms with E-state index in [2.05, 4.69) is 44.3 Å². The fraction of sp³-hybridized carbons (Fsp3) is 0.529. The first-order chi connectivity index (χ1) is 9.15. The first kappa shape index (κ1) is 12.7. The second kappa shape index (κ2) is 5.01. The summed E-state index contributed by atoms with van der Waals surface area (Å²) in [6.07, 6.45) is 3.73. The van der Waals surface area contributed by atoms with Gasteiger partial charge in [0.2, 0.25) is 0 Å². The molecule has 0 saturated heterocycles. The zero-order chi connectivity index (χ0) is 13.4. The number of furan rings is 1. The van der Waals surface area contributed by atoms with Gasteiger partial charge in [0.15, 0.2) is 0 Å². The molecule has 0 amide bonds. The summed E-state index contributed by atoms with van der Waals surface area (Å²) in [6, 6.07) is 7.18. The van der Waals surface area contributed by atoms with E-state index in [-0.39, 0.29) is 0 Å². The van der Waals surface area contributed by atoms with E-state index < -0.39 is 0 Å². The summed E-state index contributed by atoms with van der Waals surface area (Å²) >= 11 is 0. The molecule has 0 aliphatic heterocycles. The zero-order valence-corrected chi connectivity index (χ0v) is 12.1. The number of hydrogen-bond acceptors (Lipinski definition) is 2. The van der Waals surface area contributed by atoms with Crippen molar-refractivity contribution in [3.63, 3.8) is 0 Å². The van der Waals surface area contributed by atoms with Crippen LogP contribution in [0.5, 0.6) is 0 Å². The smallest absolute Gasteiger partial charge is 0.137 e. The maximum absolute atomic E-state index is 6.15. The highest BCUT2D eigenvalue weighted by Crippen LogP contribution is 2.31. The Morgan fingerprint density at radius 1 is 1.32 bits per heavy atom. The van der Waals surface area contributed by atoms with E-state index in [9.17, 15) is 0 Å². The predicted octanol–water partition coefficient (Wildman–Crippen LogP) is 4.19. The molecule has 102 valence electrons. The van der Waals surface area contributed by atoms with Crippen LogP contribution in [0.15, 0.2) is 22.6 Å². The van der Waals surface area contributed by atoms with Gasteiger partial charge in [0.1, 0.15) is 11.3 Å². The van der Waals surface area contributed by atoms with Crippen molar-refractivity contribution >= 4 is 11.0 Å². The van der Waals surface area contributed by atoms with Crippen LogP contribution in [0.3, 0.4) is 0 Å². The first-order valence-corrected chi connectivity index (χ1v) is 7.38. The lowest BCUT2D eigenvalue weighted by Crippen LogP contribution is -2.16. The van der Waals surface area contributed by atoms with Crippen molar-refractivity contribution < 1.29 is 4.42 Å². The molecular weight excluding hydrogens is 234 g/mol. The average Bonchev–Trinajstić information content (AvgIpc) is 3.12. The third-order valence-corrected chi connectivity index (χ3v) is 3.84. The molecule has 1 aromatic heterocycles. The molecule has 2 heteroatoms. The summed E-state index contributed by atoms with van der Waals surface area (Å²) in [5.41, 5.74) is 3.72. The van der Waals surface area contributed by atoms with Gasteiger partial charge in [-0.05, 0) is 37.7 Å². The van der Waals surface area contributed by atoms with Crippen LogP contribution >= 0.6 is 0 Å². The Bertz CT molecular complexity index is 578. The normalized spacial score (nSPS) is 15.6. The Kier molecular flexibility index (Phi) is 3.36. The number of hydrogen-bond donors (Lipinski definition) is 1. The molecule has 3 rings (SSSR count). The van der Waals surface area contributed by atoms with E-state index in [0.717, 1.165) is 30.4 Å². The minimum absolute atomic E-state index is 0.654. The molecule has 2 aromatic rings. The quantitative estimate of drug-likeness (QED) is 0.868. The van der Waals surface area contributed by atoms with E-state index in [4.69, 9.17) is 4.42 Å². The summed E-state index contributed by atoms with van der Waals surface area (Å²) in [4.78, 5) is 0. The van der Waals surface area contributed by atoms with Crippen LogP contribution in [-0.4, -0.2) is 6.04 Å². The zero-order valence-electron chi connectivity index (χ0n) is 12.1. The summed E-state index contributed by atoms with van der Waals surface area (Å²) in [5, 5.41) is 4.88. The molecule has 19 heavy (non-hydrogen) atoms. The number of nitrogens with one attached hydrogen (secondary N) is 1. The standard InChI is InChI=1S/C17H23NO/c1-11(2)9-15-14-6-4-5-12(3)17(14)19-16(15)10-18-13-7-8-13/h4-6,11,13,18H,7-10H2,1-3H3. The Morgan fingerprint density at radius 3 is 2.79 bits per heavy atom. The summed E-state index contributed by atoms with van der Waals surface area (Å²) < 4.78 is 6.15. The van der Waals surface area contributed by atoms with Gasteiger partial charge < -0.3 is 9.73 Å². The molecule has 1 heterocycles. The van der Waals surface area contributed by atoms with Gasteiger partial charge >= 0.3 is 0 Å². The van der Waals surface area contributed by atoms with E-state index in [0.29, 0.717) is 5.92 Å². The number of rotatable bonds is 5. The van der Waals surface area contributed by atoms with Crippen LogP contribution in [0.4, 0.5) is 0 Å². The van der Waals surface area contributed by atoms with E-state index >= 15 is 0 Å². The van der Waals surface area contributed by atoms with Gasteiger partial charge in [0.25, 0.3) is 0 Å². The van der Waals surface area contributed by atoms with Crippen LogP contribution in [0, 0.1) is 12.8 Å². The number of fused-ring (bicyclic) bond motifs is 1. The van der Waals surface area contributed by atoms with Gasteiger partial charge in [-0.15, -0.1) is 0 Å². The minimum atomic E-state index is 0.654. The Balaban J connectivity index is 1.99. The molecule has 0 radical (unpaired) electrons. The fourth-order valence-corrected chi connectivity index (χ4v) is 2.66. The van der Waals surface area contributed by atoms with Crippen molar-refractivity contribution in [3.8, 4) is 0 Å². The summed E-state index contributed by atoms with van der Waals surface area (Å²) in [7, 11) is 0. The topological polar surface area (TPSA) is 25.2 Å². The lowest BCUT2D eigenvalue weighted by molar-refractivity contribution is 0.499. The van der Waals surface area contributed by atoms with Crippen molar-refractivity contribution in [2.24, 2.45) is 5.92 Å². The second-order valence-corrected chi connectivity index (χ2v) is 6.21. The molecule has 1 saturated carbocycles. The fourth-order valence-electron chi connectivity index (χ4n) is 2.66. The Hall–Kier alpha value is -1.28. The third-order valence-electron chi connectivity index (χ3n) is 3.84. The average molecular weight is 257 g/mol. The van der Waals surface area contributed by atoms with Crippen LogP contribution in [0.2, 0.25) is 0 Å². The van der Waals surface area contributed by atoms with Crippen molar-refractivity contribution in [2.45, 2.75) is 52.6 Å². The highest BCUT2D eigenvalue weighted by Gasteiger charge is 2.22. The highest BCUT2D eigenvalue weighted by atomic mass is 16.3. The largest absolute Gasteiger partial charge is 0.459 e. The molecule has 0 spiro atoms. The molecule has 2 nitrogen and oxygen atoms in total. The van der Waals surface area contributed by atoms with Crippen molar-refractivity contribution in [1.82, 2.24) is 5.32 Å².